The molecule has 2 unspecified atom stereocenters. The molecule has 2 atom stereocenters. The van der Waals surface area contributed by atoms with E-state index in [1.54, 1.807) is 14.2 Å². The van der Waals surface area contributed by atoms with Crippen LogP contribution >= 0.6 is 31.9 Å². The minimum Gasteiger partial charge on any atom is -0.495 e. The van der Waals surface area contributed by atoms with Gasteiger partial charge in [-0.1, -0.05) is 27.0 Å². The van der Waals surface area contributed by atoms with Crippen molar-refractivity contribution in [1.29, 1.82) is 0 Å². The van der Waals surface area contributed by atoms with Gasteiger partial charge in [-0.15, -0.1) is 0 Å². The smallest absolute Gasteiger partial charge is 0.139 e. The van der Waals surface area contributed by atoms with Crippen LogP contribution in [0.2, 0.25) is 0 Å². The summed E-state index contributed by atoms with van der Waals surface area (Å²) in [5.74, 6) is 3.26. The fourth-order valence-electron chi connectivity index (χ4n) is 3.12. The lowest BCUT2D eigenvalue weighted by Crippen LogP contribution is -2.21. The summed E-state index contributed by atoms with van der Waals surface area (Å²) in [5, 5.41) is 0. The van der Waals surface area contributed by atoms with Gasteiger partial charge in [0.15, 0.2) is 0 Å². The molecule has 0 amide bonds. The number of halogens is 2. The molecule has 2 aliphatic rings. The average molecular weight is 472 g/mol. The Morgan fingerprint density at radius 1 is 0.760 bits per heavy atom. The highest BCUT2D eigenvalue weighted by atomic mass is 79.9. The summed E-state index contributed by atoms with van der Waals surface area (Å²) in [6.45, 7) is 16.5. The van der Waals surface area contributed by atoms with E-state index in [4.69, 9.17) is 14.2 Å². The summed E-state index contributed by atoms with van der Waals surface area (Å²) in [7, 11) is 3.30. The zero-order valence-electron chi connectivity index (χ0n) is 15.5. The summed E-state index contributed by atoms with van der Waals surface area (Å²) in [6.07, 6.45) is 0. The van der Waals surface area contributed by atoms with E-state index in [1.807, 2.05) is 13.8 Å². The molecule has 0 saturated carbocycles. The van der Waals surface area contributed by atoms with Crippen molar-refractivity contribution in [3.05, 3.63) is 67.5 Å². The van der Waals surface area contributed by atoms with E-state index < -0.39 is 0 Å². The molecule has 0 spiro atoms. The van der Waals surface area contributed by atoms with Crippen LogP contribution in [0.15, 0.2) is 67.5 Å². The maximum absolute atomic E-state index is 6.45. The van der Waals surface area contributed by atoms with Crippen LogP contribution in [-0.2, 0) is 14.2 Å². The number of ether oxygens (including phenoxy) is 3. The van der Waals surface area contributed by atoms with Crippen LogP contribution < -0.4 is 0 Å². The molecule has 0 aromatic heterocycles. The zero-order chi connectivity index (χ0) is 19.0. The second-order valence-corrected chi connectivity index (χ2v) is 7.85. The highest BCUT2D eigenvalue weighted by Gasteiger charge is 2.34. The molecule has 0 aromatic carbocycles. The number of rotatable bonds is 4. The fraction of sp³-hybridized carbons (Fsp3) is 0.400. The highest BCUT2D eigenvalue weighted by Crippen LogP contribution is 2.46. The predicted molar refractivity (Wildman–Crippen MR) is 109 cm³/mol. The van der Waals surface area contributed by atoms with Crippen molar-refractivity contribution in [3.8, 4) is 0 Å². The third kappa shape index (κ3) is 3.28. The Kier molecular flexibility index (Phi) is 6.10. The standard InChI is InChI=1S/C20H24Br2O3/c1-9-11(3)17(13(5)19(23-7)15(9)21)25-18-12(4)10(2)16(22)20(24-8)14(18)6/h11-12H,1-2H2,3-8H3. The van der Waals surface area contributed by atoms with Crippen molar-refractivity contribution in [1.82, 2.24) is 0 Å². The van der Waals surface area contributed by atoms with Crippen LogP contribution in [0.4, 0.5) is 0 Å². The normalized spacial score (nSPS) is 25.1. The first-order valence-electron chi connectivity index (χ1n) is 8.03. The van der Waals surface area contributed by atoms with Crippen molar-refractivity contribution in [2.75, 3.05) is 14.2 Å². The molecule has 3 nitrogen and oxygen atoms in total. The lowest BCUT2D eigenvalue weighted by molar-refractivity contribution is 0.214. The molecule has 0 saturated heterocycles. The molecule has 0 fully saturated rings. The van der Waals surface area contributed by atoms with E-state index in [9.17, 15) is 0 Å². The van der Waals surface area contributed by atoms with Crippen molar-refractivity contribution in [2.24, 2.45) is 11.8 Å². The molecule has 0 N–H and O–H groups in total. The van der Waals surface area contributed by atoms with Gasteiger partial charge >= 0.3 is 0 Å². The van der Waals surface area contributed by atoms with E-state index >= 15 is 0 Å². The molecule has 0 bridgehead atoms. The number of methoxy groups -OCH3 is 2. The predicted octanol–water partition coefficient (Wildman–Crippen LogP) is 6.47. The van der Waals surface area contributed by atoms with Gasteiger partial charge in [-0.25, -0.2) is 0 Å². The molecule has 25 heavy (non-hydrogen) atoms. The van der Waals surface area contributed by atoms with Crippen LogP contribution in [0, 0.1) is 11.8 Å². The molecule has 5 heteroatoms. The van der Waals surface area contributed by atoms with Gasteiger partial charge in [0.1, 0.15) is 23.0 Å². The molecule has 136 valence electrons. The Morgan fingerprint density at radius 3 is 1.36 bits per heavy atom. The van der Waals surface area contributed by atoms with Gasteiger partial charge in [-0.2, -0.15) is 0 Å². The molecule has 2 aliphatic carbocycles. The second kappa shape index (κ2) is 7.58. The topological polar surface area (TPSA) is 27.7 Å². The monoisotopic (exact) mass is 470 g/mol. The number of hydrogen-bond donors (Lipinski definition) is 0. The van der Waals surface area contributed by atoms with Crippen molar-refractivity contribution in [3.63, 3.8) is 0 Å². The summed E-state index contributed by atoms with van der Waals surface area (Å²) in [6, 6.07) is 0. The van der Waals surface area contributed by atoms with E-state index in [1.165, 1.54) is 0 Å². The molecule has 0 radical (unpaired) electrons. The van der Waals surface area contributed by atoms with Crippen LogP contribution in [0.5, 0.6) is 0 Å². The Labute approximate surface area is 167 Å². The summed E-state index contributed by atoms with van der Waals surface area (Å²) < 4.78 is 19.3. The van der Waals surface area contributed by atoms with Gasteiger partial charge in [-0.3, -0.25) is 0 Å². The van der Waals surface area contributed by atoms with Gasteiger partial charge in [0, 0.05) is 23.0 Å². The molecule has 0 heterocycles. The van der Waals surface area contributed by atoms with E-state index in [0.29, 0.717) is 0 Å². The van der Waals surface area contributed by atoms with Crippen molar-refractivity contribution < 1.29 is 14.2 Å². The first-order valence-corrected chi connectivity index (χ1v) is 9.61. The van der Waals surface area contributed by atoms with Crippen LogP contribution in [0.3, 0.4) is 0 Å². The minimum absolute atomic E-state index is 0.0365. The number of allylic oxidation sites excluding steroid dienone is 6. The Balaban J connectivity index is 2.57. The highest BCUT2D eigenvalue weighted by molar-refractivity contribution is 9.12. The first kappa shape index (κ1) is 20.1. The lowest BCUT2D eigenvalue weighted by Gasteiger charge is -2.33. The van der Waals surface area contributed by atoms with Crippen LogP contribution in [0.1, 0.15) is 27.7 Å². The Bertz CT molecular complexity index is 702. The van der Waals surface area contributed by atoms with Crippen LogP contribution in [-0.4, -0.2) is 14.2 Å². The maximum Gasteiger partial charge on any atom is 0.139 e. The average Bonchev–Trinajstić information content (AvgIpc) is 2.58. The third-order valence-electron chi connectivity index (χ3n) is 4.84. The van der Waals surface area contributed by atoms with Gasteiger partial charge in [0.05, 0.1) is 23.2 Å². The molecule has 0 aliphatic heterocycles. The molecule has 0 aromatic rings. The lowest BCUT2D eigenvalue weighted by atomic mass is 9.88. The zero-order valence-corrected chi connectivity index (χ0v) is 18.7. The summed E-state index contributed by atoms with van der Waals surface area (Å²) in [4.78, 5) is 0. The van der Waals surface area contributed by atoms with Crippen molar-refractivity contribution in [2.45, 2.75) is 27.7 Å². The molecular formula is C20H24Br2O3. The van der Waals surface area contributed by atoms with Gasteiger partial charge in [0.2, 0.25) is 0 Å². The molecule has 2 rings (SSSR count). The van der Waals surface area contributed by atoms with E-state index in [-0.39, 0.29) is 11.8 Å². The maximum atomic E-state index is 6.45. The first-order chi connectivity index (χ1) is 11.7. The van der Waals surface area contributed by atoms with Gasteiger partial charge in [-0.05, 0) is 56.9 Å². The minimum atomic E-state index is 0.0365. The van der Waals surface area contributed by atoms with E-state index in [2.05, 4.69) is 58.9 Å². The van der Waals surface area contributed by atoms with E-state index in [0.717, 1.165) is 54.3 Å². The molecular weight excluding hydrogens is 448 g/mol. The Hall–Kier alpha value is -1.20. The SMILES string of the molecule is C=C1C(Br)=C(OC)C(C)=C(OC2=C(C)C(OC)=C(Br)C(=C)C2C)C1C. The Morgan fingerprint density at radius 2 is 1.08 bits per heavy atom. The third-order valence-corrected chi connectivity index (χ3v) is 6.58. The number of hydrogen-bond acceptors (Lipinski definition) is 3. The van der Waals surface area contributed by atoms with Gasteiger partial charge in [0.25, 0.3) is 0 Å². The second-order valence-electron chi connectivity index (χ2n) is 6.27. The summed E-state index contributed by atoms with van der Waals surface area (Å²) >= 11 is 7.16. The fourth-order valence-corrected chi connectivity index (χ4v) is 4.73. The van der Waals surface area contributed by atoms with Gasteiger partial charge < -0.3 is 14.2 Å². The largest absolute Gasteiger partial charge is 0.495 e. The quantitative estimate of drug-likeness (QED) is 0.470. The van der Waals surface area contributed by atoms with Crippen molar-refractivity contribution >= 4 is 31.9 Å². The summed E-state index contributed by atoms with van der Waals surface area (Å²) in [5.41, 5.74) is 3.78. The van der Waals surface area contributed by atoms with Crippen LogP contribution in [0.25, 0.3) is 0 Å².